The molecule has 0 saturated carbocycles. The van der Waals surface area contributed by atoms with E-state index in [0.717, 1.165) is 42.4 Å². The van der Waals surface area contributed by atoms with Crippen molar-refractivity contribution < 1.29 is 13.9 Å². The molecule has 1 saturated heterocycles. The van der Waals surface area contributed by atoms with Crippen LogP contribution < -0.4 is 4.90 Å². The van der Waals surface area contributed by atoms with Crippen molar-refractivity contribution in [2.75, 3.05) is 31.1 Å². The molecule has 1 aliphatic heterocycles. The van der Waals surface area contributed by atoms with Gasteiger partial charge in [-0.15, -0.1) is 0 Å². The number of hydrogen-bond donors (Lipinski definition) is 1. The van der Waals surface area contributed by atoms with Crippen LogP contribution in [-0.4, -0.2) is 52.3 Å². The highest BCUT2D eigenvalue weighted by Crippen LogP contribution is 2.21. The summed E-state index contributed by atoms with van der Waals surface area (Å²) in [7, 11) is 0. The first-order valence-corrected chi connectivity index (χ1v) is 9.38. The van der Waals surface area contributed by atoms with E-state index in [1.807, 2.05) is 13.1 Å². The third-order valence-corrected chi connectivity index (χ3v) is 5.12. The van der Waals surface area contributed by atoms with E-state index >= 15 is 0 Å². The van der Waals surface area contributed by atoms with Crippen LogP contribution in [0, 0.1) is 18.6 Å². The number of hydrogen-bond acceptors (Lipinski definition) is 5. The van der Waals surface area contributed by atoms with Crippen molar-refractivity contribution in [2.24, 2.45) is 0 Å². The van der Waals surface area contributed by atoms with E-state index in [9.17, 15) is 13.9 Å². The number of aliphatic hydroxyl groups excluding tert-OH is 1. The lowest BCUT2D eigenvalue weighted by Crippen LogP contribution is -2.53. The zero-order valence-electron chi connectivity index (χ0n) is 15.8. The molecular weight excluding hydrogens is 350 g/mol. The van der Waals surface area contributed by atoms with Gasteiger partial charge in [0.1, 0.15) is 0 Å². The molecule has 0 aliphatic carbocycles. The van der Waals surface area contributed by atoms with E-state index in [1.54, 1.807) is 6.07 Å². The van der Waals surface area contributed by atoms with E-state index in [1.165, 1.54) is 6.07 Å². The van der Waals surface area contributed by atoms with Gasteiger partial charge in [-0.2, -0.15) is 0 Å². The molecule has 3 rings (SSSR count). The second kappa shape index (κ2) is 8.71. The lowest BCUT2D eigenvalue weighted by molar-refractivity contribution is 0.134. The first kappa shape index (κ1) is 19.6. The van der Waals surface area contributed by atoms with Gasteiger partial charge in [0, 0.05) is 50.7 Å². The van der Waals surface area contributed by atoms with Crippen molar-refractivity contribution in [3.05, 3.63) is 52.9 Å². The number of aromatic nitrogens is 2. The Balaban J connectivity index is 1.73. The van der Waals surface area contributed by atoms with E-state index in [2.05, 4.69) is 26.7 Å². The van der Waals surface area contributed by atoms with E-state index in [4.69, 9.17) is 0 Å². The van der Waals surface area contributed by atoms with Crippen LogP contribution in [-0.2, 0) is 13.0 Å². The Morgan fingerprint density at radius 1 is 1.22 bits per heavy atom. The summed E-state index contributed by atoms with van der Waals surface area (Å²) >= 11 is 0. The molecule has 0 unspecified atom stereocenters. The van der Waals surface area contributed by atoms with Crippen LogP contribution in [0.2, 0.25) is 0 Å². The molecule has 7 heteroatoms. The average molecular weight is 376 g/mol. The number of aryl methyl sites for hydroxylation is 2. The van der Waals surface area contributed by atoms with Gasteiger partial charge in [-0.3, -0.25) is 4.90 Å². The smallest absolute Gasteiger partial charge is 0.225 e. The molecule has 1 atom stereocenters. The molecule has 0 amide bonds. The van der Waals surface area contributed by atoms with Gasteiger partial charge in [-0.25, -0.2) is 18.7 Å². The quantitative estimate of drug-likeness (QED) is 0.840. The Bertz CT molecular complexity index is 787. The Morgan fingerprint density at radius 3 is 2.74 bits per heavy atom. The third-order valence-electron chi connectivity index (χ3n) is 5.12. The van der Waals surface area contributed by atoms with Crippen LogP contribution in [0.4, 0.5) is 14.7 Å². The zero-order chi connectivity index (χ0) is 19.4. The molecule has 146 valence electrons. The van der Waals surface area contributed by atoms with Gasteiger partial charge in [0.05, 0.1) is 0 Å². The lowest BCUT2D eigenvalue weighted by Gasteiger charge is -2.41. The number of rotatable bonds is 6. The standard InChI is InChI=1S/C20H26F2N4O/c1-3-19-14(2)11-23-20(24-19)26-8-7-25(16(13-26)6-9-27)12-15-4-5-17(21)18(22)10-15/h4-5,10-11,16,27H,3,6-9,12-13H2,1-2H3/t16-/m1/s1. The lowest BCUT2D eigenvalue weighted by atomic mass is 10.1. The van der Waals surface area contributed by atoms with Gasteiger partial charge in [0.15, 0.2) is 11.6 Å². The molecule has 1 aromatic carbocycles. The first-order valence-electron chi connectivity index (χ1n) is 9.38. The molecule has 0 spiro atoms. The van der Waals surface area contributed by atoms with E-state index < -0.39 is 11.6 Å². The molecule has 0 radical (unpaired) electrons. The SMILES string of the molecule is CCc1nc(N2CCN(Cc3ccc(F)c(F)c3)[C@H](CCO)C2)ncc1C. The summed E-state index contributed by atoms with van der Waals surface area (Å²) in [6.07, 6.45) is 3.32. The number of piperazine rings is 1. The average Bonchev–Trinajstić information content (AvgIpc) is 2.67. The molecule has 27 heavy (non-hydrogen) atoms. The number of halogens is 2. The summed E-state index contributed by atoms with van der Waals surface area (Å²) in [6.45, 7) is 6.85. The van der Waals surface area contributed by atoms with Crippen molar-refractivity contribution in [3.63, 3.8) is 0 Å². The maximum Gasteiger partial charge on any atom is 0.225 e. The molecular formula is C20H26F2N4O. The highest BCUT2D eigenvalue weighted by molar-refractivity contribution is 5.34. The summed E-state index contributed by atoms with van der Waals surface area (Å²) in [5, 5.41) is 9.47. The monoisotopic (exact) mass is 376 g/mol. The Morgan fingerprint density at radius 2 is 2.04 bits per heavy atom. The number of nitrogens with zero attached hydrogens (tertiary/aromatic N) is 4. The molecule has 1 fully saturated rings. The third kappa shape index (κ3) is 4.59. The predicted octanol–water partition coefficient (Wildman–Crippen LogP) is 2.70. The highest BCUT2D eigenvalue weighted by Gasteiger charge is 2.28. The number of benzene rings is 1. The van der Waals surface area contributed by atoms with Gasteiger partial charge in [-0.1, -0.05) is 13.0 Å². The molecule has 2 heterocycles. The van der Waals surface area contributed by atoms with Crippen LogP contribution in [0.3, 0.4) is 0 Å². The first-order chi connectivity index (χ1) is 13.0. The summed E-state index contributed by atoms with van der Waals surface area (Å²) in [5.41, 5.74) is 2.86. The van der Waals surface area contributed by atoms with E-state index in [-0.39, 0.29) is 12.6 Å². The van der Waals surface area contributed by atoms with Gasteiger partial charge in [-0.05, 0) is 43.0 Å². The molecule has 2 aromatic rings. The maximum absolute atomic E-state index is 13.5. The minimum absolute atomic E-state index is 0.0712. The minimum atomic E-state index is -0.835. The van der Waals surface area contributed by atoms with Crippen molar-refractivity contribution in [3.8, 4) is 0 Å². The fourth-order valence-electron chi connectivity index (χ4n) is 3.56. The number of aliphatic hydroxyl groups is 1. The van der Waals surface area contributed by atoms with Gasteiger partial charge < -0.3 is 10.0 Å². The normalized spacial score (nSPS) is 18.1. The Hall–Kier alpha value is -2.12. The highest BCUT2D eigenvalue weighted by atomic mass is 19.2. The summed E-state index contributed by atoms with van der Waals surface area (Å²) in [4.78, 5) is 13.5. The van der Waals surface area contributed by atoms with Crippen LogP contribution in [0.25, 0.3) is 0 Å². The van der Waals surface area contributed by atoms with Crippen LogP contribution in [0.15, 0.2) is 24.4 Å². The van der Waals surface area contributed by atoms with Crippen LogP contribution in [0.5, 0.6) is 0 Å². The zero-order valence-corrected chi connectivity index (χ0v) is 15.8. The second-order valence-electron chi connectivity index (χ2n) is 6.98. The minimum Gasteiger partial charge on any atom is -0.396 e. The summed E-state index contributed by atoms with van der Waals surface area (Å²) < 4.78 is 26.7. The van der Waals surface area contributed by atoms with Crippen molar-refractivity contribution in [1.82, 2.24) is 14.9 Å². The molecule has 0 bridgehead atoms. The van der Waals surface area contributed by atoms with Gasteiger partial charge >= 0.3 is 0 Å². The van der Waals surface area contributed by atoms with Crippen LogP contribution >= 0.6 is 0 Å². The fourth-order valence-corrected chi connectivity index (χ4v) is 3.56. The molecule has 1 aliphatic rings. The fraction of sp³-hybridized carbons (Fsp3) is 0.500. The summed E-state index contributed by atoms with van der Waals surface area (Å²) in [6, 6.07) is 4.10. The Labute approximate surface area is 158 Å². The maximum atomic E-state index is 13.5. The predicted molar refractivity (Wildman–Crippen MR) is 101 cm³/mol. The molecule has 1 aromatic heterocycles. The van der Waals surface area contributed by atoms with Crippen LogP contribution in [0.1, 0.15) is 30.2 Å². The number of anilines is 1. The van der Waals surface area contributed by atoms with Crippen molar-refractivity contribution >= 4 is 5.95 Å². The Kier molecular flexibility index (Phi) is 6.34. The van der Waals surface area contributed by atoms with Gasteiger partial charge in [0.2, 0.25) is 5.95 Å². The second-order valence-corrected chi connectivity index (χ2v) is 6.98. The molecule has 1 N–H and O–H groups in total. The largest absolute Gasteiger partial charge is 0.396 e. The van der Waals surface area contributed by atoms with E-state index in [0.29, 0.717) is 25.5 Å². The molecule has 5 nitrogen and oxygen atoms in total. The van der Waals surface area contributed by atoms with Crippen molar-refractivity contribution in [1.29, 1.82) is 0 Å². The van der Waals surface area contributed by atoms with Crippen molar-refractivity contribution in [2.45, 2.75) is 39.3 Å². The topological polar surface area (TPSA) is 52.5 Å². The van der Waals surface area contributed by atoms with Gasteiger partial charge in [0.25, 0.3) is 0 Å². The summed E-state index contributed by atoms with van der Waals surface area (Å²) in [5.74, 6) is -0.948.